The van der Waals surface area contributed by atoms with E-state index in [9.17, 15) is 14.7 Å². The van der Waals surface area contributed by atoms with Crippen molar-refractivity contribution in [3.05, 3.63) is 48.0 Å². The number of nitrogens with zero attached hydrogens (tertiary/aromatic N) is 1. The second-order valence-electron chi connectivity index (χ2n) is 9.71. The van der Waals surface area contributed by atoms with Crippen LogP contribution in [0.15, 0.2) is 42.5 Å². The van der Waals surface area contributed by atoms with Gasteiger partial charge in [0, 0.05) is 38.0 Å². The van der Waals surface area contributed by atoms with Crippen molar-refractivity contribution in [3.8, 4) is 0 Å². The lowest BCUT2D eigenvalue weighted by atomic mass is 9.94. The van der Waals surface area contributed by atoms with Crippen molar-refractivity contribution in [2.75, 3.05) is 26.7 Å². The van der Waals surface area contributed by atoms with Gasteiger partial charge in [-0.15, -0.1) is 12.4 Å². The Morgan fingerprint density at radius 2 is 1.77 bits per heavy atom. The molecule has 2 aromatic rings. The van der Waals surface area contributed by atoms with Crippen LogP contribution in [-0.2, 0) is 16.0 Å². The van der Waals surface area contributed by atoms with Gasteiger partial charge in [-0.2, -0.15) is 0 Å². The Hall–Kier alpha value is -2.19. The zero-order valence-electron chi connectivity index (χ0n) is 20.9. The first-order valence-electron chi connectivity index (χ1n) is 12.5. The monoisotopic (exact) mass is 504 g/mol. The lowest BCUT2D eigenvalue weighted by molar-refractivity contribution is -0.131. The fourth-order valence-corrected chi connectivity index (χ4v) is 4.74. The largest absolute Gasteiger partial charge is 0.390 e. The minimum absolute atomic E-state index is 0. The van der Waals surface area contributed by atoms with Crippen LogP contribution in [0.5, 0.6) is 0 Å². The number of carbonyl (C=O) groups excluding carboxylic acids is 2. The number of benzene rings is 2. The van der Waals surface area contributed by atoms with Crippen LogP contribution in [0.4, 0.5) is 0 Å². The first-order valence-corrected chi connectivity index (χ1v) is 12.5. The molecule has 3 atom stereocenters. The van der Waals surface area contributed by atoms with Crippen molar-refractivity contribution in [1.82, 2.24) is 15.5 Å². The van der Waals surface area contributed by atoms with Crippen LogP contribution < -0.4 is 16.4 Å². The molecular formula is C27H41ClN4O3. The van der Waals surface area contributed by atoms with E-state index in [0.29, 0.717) is 19.0 Å². The molecule has 2 aromatic carbocycles. The average Bonchev–Trinajstić information content (AvgIpc) is 2.86. The molecule has 194 valence electrons. The third-order valence-corrected chi connectivity index (χ3v) is 6.88. The van der Waals surface area contributed by atoms with E-state index in [0.717, 1.165) is 16.3 Å². The van der Waals surface area contributed by atoms with E-state index in [1.165, 1.54) is 32.1 Å². The molecule has 0 aromatic heterocycles. The maximum absolute atomic E-state index is 13.1. The molecule has 1 fully saturated rings. The maximum atomic E-state index is 13.1. The highest BCUT2D eigenvalue weighted by molar-refractivity contribution is 5.89. The second kappa shape index (κ2) is 14.4. The topological polar surface area (TPSA) is 108 Å². The highest BCUT2D eigenvalue weighted by Gasteiger charge is 2.26. The molecule has 0 heterocycles. The van der Waals surface area contributed by atoms with Gasteiger partial charge >= 0.3 is 0 Å². The summed E-state index contributed by atoms with van der Waals surface area (Å²) in [6.45, 7) is 2.69. The minimum atomic E-state index is -0.816. The highest BCUT2D eigenvalue weighted by Crippen LogP contribution is 2.22. The summed E-state index contributed by atoms with van der Waals surface area (Å²) in [7, 11) is 2.09. The molecule has 1 aliphatic carbocycles. The number of aliphatic hydroxyl groups excluding tert-OH is 1. The predicted octanol–water partition coefficient (Wildman–Crippen LogP) is 2.63. The van der Waals surface area contributed by atoms with Crippen molar-refractivity contribution in [2.45, 2.75) is 63.6 Å². The molecule has 35 heavy (non-hydrogen) atoms. The van der Waals surface area contributed by atoms with Gasteiger partial charge < -0.3 is 26.4 Å². The van der Waals surface area contributed by atoms with Gasteiger partial charge in [-0.05, 0) is 36.2 Å². The summed E-state index contributed by atoms with van der Waals surface area (Å²) < 4.78 is 0. The van der Waals surface area contributed by atoms with E-state index >= 15 is 0 Å². The first kappa shape index (κ1) is 29.0. The Morgan fingerprint density at radius 1 is 1.09 bits per heavy atom. The minimum Gasteiger partial charge on any atom is -0.390 e. The number of fused-ring (bicyclic) bond motifs is 1. The zero-order valence-corrected chi connectivity index (χ0v) is 21.7. The Bertz CT molecular complexity index is 951. The molecule has 1 saturated carbocycles. The van der Waals surface area contributed by atoms with E-state index in [4.69, 9.17) is 5.73 Å². The maximum Gasteiger partial charge on any atom is 0.243 e. The van der Waals surface area contributed by atoms with Crippen LogP contribution in [-0.4, -0.2) is 66.7 Å². The summed E-state index contributed by atoms with van der Waals surface area (Å²) in [4.78, 5) is 28.3. The van der Waals surface area contributed by atoms with Crippen LogP contribution >= 0.6 is 12.4 Å². The Labute approximate surface area is 215 Å². The number of amides is 2. The van der Waals surface area contributed by atoms with Crippen molar-refractivity contribution in [1.29, 1.82) is 0 Å². The fraction of sp³-hybridized carbons (Fsp3) is 0.556. The molecule has 0 spiro atoms. The van der Waals surface area contributed by atoms with Crippen LogP contribution in [0, 0.1) is 5.92 Å². The van der Waals surface area contributed by atoms with E-state index < -0.39 is 12.1 Å². The van der Waals surface area contributed by atoms with Gasteiger partial charge in [0.2, 0.25) is 11.8 Å². The van der Waals surface area contributed by atoms with E-state index in [1.807, 2.05) is 43.3 Å². The Kier molecular flexibility index (Phi) is 11.9. The van der Waals surface area contributed by atoms with Gasteiger partial charge in [0.15, 0.2) is 0 Å². The lowest BCUT2D eigenvalue weighted by Crippen LogP contribution is -2.52. The summed E-state index contributed by atoms with van der Waals surface area (Å²) in [6, 6.07) is 13.9. The summed E-state index contributed by atoms with van der Waals surface area (Å²) >= 11 is 0. The first-order chi connectivity index (χ1) is 16.4. The SMILES string of the molecule is CC(CN(C)C1CCCCC1)C(=O)N[C@H](Cc1ccc2ccccc2c1)C(=O)NCC(O)CN.Cl. The molecule has 2 amide bonds. The summed E-state index contributed by atoms with van der Waals surface area (Å²) in [6.07, 6.45) is 5.71. The molecule has 1 aliphatic rings. The van der Waals surface area contributed by atoms with Gasteiger partial charge in [-0.1, -0.05) is 68.7 Å². The quantitative estimate of drug-likeness (QED) is 0.376. The lowest BCUT2D eigenvalue weighted by Gasteiger charge is -2.33. The van der Waals surface area contributed by atoms with Crippen molar-refractivity contribution in [3.63, 3.8) is 0 Å². The number of hydrogen-bond acceptors (Lipinski definition) is 5. The van der Waals surface area contributed by atoms with Crippen LogP contribution in [0.2, 0.25) is 0 Å². The van der Waals surface area contributed by atoms with Crippen LogP contribution in [0.3, 0.4) is 0 Å². The van der Waals surface area contributed by atoms with Crippen LogP contribution in [0.25, 0.3) is 10.8 Å². The molecule has 8 heteroatoms. The Morgan fingerprint density at radius 3 is 2.46 bits per heavy atom. The number of nitrogens with one attached hydrogen (secondary N) is 2. The molecule has 0 bridgehead atoms. The summed E-state index contributed by atoms with van der Waals surface area (Å²) in [5, 5.41) is 17.7. The number of rotatable bonds is 11. The second-order valence-corrected chi connectivity index (χ2v) is 9.71. The third kappa shape index (κ3) is 8.76. The number of aliphatic hydroxyl groups is 1. The number of halogens is 1. The van der Waals surface area contributed by atoms with E-state index in [1.54, 1.807) is 0 Å². The zero-order chi connectivity index (χ0) is 24.5. The molecule has 7 nitrogen and oxygen atoms in total. The Balaban J connectivity index is 0.00000432. The molecule has 0 radical (unpaired) electrons. The van der Waals surface area contributed by atoms with Crippen LogP contribution in [0.1, 0.15) is 44.6 Å². The highest BCUT2D eigenvalue weighted by atomic mass is 35.5. The molecule has 5 N–H and O–H groups in total. The molecule has 0 aliphatic heterocycles. The third-order valence-electron chi connectivity index (χ3n) is 6.88. The average molecular weight is 505 g/mol. The van der Waals surface area contributed by atoms with Gasteiger partial charge in [-0.25, -0.2) is 0 Å². The van der Waals surface area contributed by atoms with Gasteiger partial charge in [0.1, 0.15) is 6.04 Å². The van der Waals surface area contributed by atoms with Gasteiger partial charge in [0.05, 0.1) is 6.10 Å². The van der Waals surface area contributed by atoms with Gasteiger partial charge in [0.25, 0.3) is 0 Å². The van der Waals surface area contributed by atoms with Crippen molar-refractivity contribution in [2.24, 2.45) is 11.7 Å². The van der Waals surface area contributed by atoms with E-state index in [2.05, 4.69) is 28.6 Å². The number of carbonyl (C=O) groups is 2. The van der Waals surface area contributed by atoms with Gasteiger partial charge in [-0.3, -0.25) is 9.59 Å². The number of hydrogen-bond donors (Lipinski definition) is 4. The molecule has 3 rings (SSSR count). The predicted molar refractivity (Wildman–Crippen MR) is 144 cm³/mol. The normalized spacial score (nSPS) is 16.8. The fourth-order valence-electron chi connectivity index (χ4n) is 4.74. The summed E-state index contributed by atoms with van der Waals surface area (Å²) in [5.74, 6) is -0.696. The van der Waals surface area contributed by atoms with Crippen molar-refractivity contribution >= 4 is 35.0 Å². The van der Waals surface area contributed by atoms with Crippen molar-refractivity contribution < 1.29 is 14.7 Å². The standard InChI is InChI=1S/C27H40N4O3.ClH/c1-19(18-31(2)23-10-4-3-5-11-23)26(33)30-25(27(34)29-17-24(32)16-28)15-20-12-13-21-8-6-7-9-22(21)14-20;/h6-9,12-14,19,23-25,32H,3-5,10-11,15-18,28H2,1-2H3,(H,29,34)(H,30,33);1H/t19?,24?,25-;/m1./s1. The van der Waals surface area contributed by atoms with E-state index in [-0.39, 0.29) is 43.2 Å². The number of nitrogens with two attached hydrogens (primary N) is 1. The summed E-state index contributed by atoms with van der Waals surface area (Å²) in [5.41, 5.74) is 6.43. The molecule has 0 saturated heterocycles. The smallest absolute Gasteiger partial charge is 0.243 e. The molecular weight excluding hydrogens is 464 g/mol. The molecule has 2 unspecified atom stereocenters.